The van der Waals surface area contributed by atoms with Gasteiger partial charge in [-0.3, -0.25) is 24.0 Å². The van der Waals surface area contributed by atoms with E-state index in [9.17, 15) is 33.9 Å². The number of para-hydroxylation sites is 1. The molecule has 10 N–H and O–H groups in total. The van der Waals surface area contributed by atoms with E-state index >= 15 is 0 Å². The molecule has 0 bridgehead atoms. The number of hydrogen-bond acceptors (Lipinski definition) is 7. The second-order valence-electron chi connectivity index (χ2n) is 8.80. The van der Waals surface area contributed by atoms with Gasteiger partial charge in [0.2, 0.25) is 23.6 Å². The van der Waals surface area contributed by atoms with Gasteiger partial charge in [-0.25, -0.2) is 4.79 Å². The van der Waals surface area contributed by atoms with Crippen LogP contribution in [0.5, 0.6) is 0 Å². The highest BCUT2D eigenvalue weighted by molar-refractivity contribution is 5.94. The van der Waals surface area contributed by atoms with Crippen LogP contribution in [0.1, 0.15) is 38.2 Å². The van der Waals surface area contributed by atoms with E-state index in [1.807, 2.05) is 12.1 Å². The van der Waals surface area contributed by atoms with Crippen molar-refractivity contribution >= 4 is 46.5 Å². The number of primary amides is 1. The normalized spacial score (nSPS) is 14.1. The Balaban J connectivity index is 2.08. The fourth-order valence-electron chi connectivity index (χ4n) is 3.64. The summed E-state index contributed by atoms with van der Waals surface area (Å²) < 4.78 is 0. The van der Waals surface area contributed by atoms with E-state index < -0.39 is 66.2 Å². The molecule has 0 radical (unpaired) electrons. The first-order valence-electron chi connectivity index (χ1n) is 11.8. The summed E-state index contributed by atoms with van der Waals surface area (Å²) in [7, 11) is 0. The van der Waals surface area contributed by atoms with Crippen LogP contribution in [-0.2, 0) is 35.2 Å². The largest absolute Gasteiger partial charge is 0.481 e. The van der Waals surface area contributed by atoms with Gasteiger partial charge in [0.1, 0.15) is 18.1 Å². The number of hydrogen-bond donors (Lipinski definition) is 8. The lowest BCUT2D eigenvalue weighted by Gasteiger charge is -2.23. The van der Waals surface area contributed by atoms with Crippen LogP contribution < -0.4 is 27.4 Å². The maximum Gasteiger partial charge on any atom is 0.326 e. The van der Waals surface area contributed by atoms with E-state index in [1.54, 1.807) is 18.3 Å². The zero-order valence-electron chi connectivity index (χ0n) is 20.7. The third kappa shape index (κ3) is 8.89. The smallest absolute Gasteiger partial charge is 0.326 e. The highest BCUT2D eigenvalue weighted by Crippen LogP contribution is 2.19. The average molecular weight is 533 g/mol. The van der Waals surface area contributed by atoms with E-state index in [4.69, 9.17) is 16.6 Å². The van der Waals surface area contributed by atoms with Crippen molar-refractivity contribution in [3.05, 3.63) is 36.0 Å². The molecule has 0 aliphatic heterocycles. The number of rotatable bonds is 15. The minimum absolute atomic E-state index is 0.0356. The number of fused-ring (bicyclic) bond motifs is 1. The van der Waals surface area contributed by atoms with E-state index in [2.05, 4.69) is 20.9 Å². The monoisotopic (exact) mass is 532 g/mol. The fraction of sp³-hybridized carbons (Fsp3) is 0.417. The molecule has 1 heterocycles. The summed E-state index contributed by atoms with van der Waals surface area (Å²) in [5, 5.41) is 26.6. The van der Waals surface area contributed by atoms with Gasteiger partial charge in [0.25, 0.3) is 0 Å². The number of carboxylic acid groups (broad SMARTS) is 2. The predicted molar refractivity (Wildman–Crippen MR) is 134 cm³/mol. The van der Waals surface area contributed by atoms with Crippen molar-refractivity contribution in [1.29, 1.82) is 0 Å². The molecule has 4 amide bonds. The van der Waals surface area contributed by atoms with Crippen LogP contribution in [0.4, 0.5) is 0 Å². The maximum atomic E-state index is 13.0. The number of nitrogens with two attached hydrogens (primary N) is 2. The molecule has 206 valence electrons. The second kappa shape index (κ2) is 13.7. The standard InChI is InChI=1S/C24H32N6O8/c1-12(28-22(35)15(25)6-8-19(26)31)21(34)29-17(7-9-20(32)33)23(36)30-18(24(37)38)10-13-11-27-16-5-3-2-4-14(13)16/h2-5,11-12,15,17-18,27H,6-10,25H2,1H3,(H2,26,31)(H,28,35)(H,29,34)(H,30,36)(H,32,33)(H,37,38). The van der Waals surface area contributed by atoms with Crippen LogP contribution in [-0.4, -0.2) is 74.9 Å². The van der Waals surface area contributed by atoms with Crippen molar-refractivity contribution in [3.8, 4) is 0 Å². The lowest BCUT2D eigenvalue weighted by atomic mass is 10.0. The lowest BCUT2D eigenvalue weighted by molar-refractivity contribution is -0.143. The molecule has 38 heavy (non-hydrogen) atoms. The number of carbonyl (C=O) groups is 6. The van der Waals surface area contributed by atoms with Crippen LogP contribution in [0.25, 0.3) is 10.9 Å². The molecule has 0 spiro atoms. The highest BCUT2D eigenvalue weighted by Gasteiger charge is 2.29. The van der Waals surface area contributed by atoms with Gasteiger partial charge in [-0.2, -0.15) is 0 Å². The Hall–Kier alpha value is -4.46. The van der Waals surface area contributed by atoms with Crippen LogP contribution in [0.3, 0.4) is 0 Å². The van der Waals surface area contributed by atoms with Gasteiger partial charge < -0.3 is 42.6 Å². The number of carbonyl (C=O) groups excluding carboxylic acids is 4. The first-order chi connectivity index (χ1) is 17.9. The number of aromatic amines is 1. The van der Waals surface area contributed by atoms with Crippen LogP contribution >= 0.6 is 0 Å². The lowest BCUT2D eigenvalue weighted by Crippen LogP contribution is -2.56. The minimum atomic E-state index is -1.40. The number of aliphatic carboxylic acids is 2. The first-order valence-corrected chi connectivity index (χ1v) is 11.8. The number of benzene rings is 1. The van der Waals surface area contributed by atoms with Crippen molar-refractivity contribution < 1.29 is 39.0 Å². The number of amides is 4. The van der Waals surface area contributed by atoms with Crippen LogP contribution in [0.2, 0.25) is 0 Å². The number of aromatic nitrogens is 1. The van der Waals surface area contributed by atoms with Gasteiger partial charge in [-0.15, -0.1) is 0 Å². The number of nitrogens with one attached hydrogen (secondary N) is 4. The molecule has 2 aromatic rings. The minimum Gasteiger partial charge on any atom is -0.481 e. The van der Waals surface area contributed by atoms with Gasteiger partial charge in [-0.05, 0) is 31.4 Å². The molecule has 1 aromatic carbocycles. The maximum absolute atomic E-state index is 13.0. The van der Waals surface area contributed by atoms with E-state index in [0.717, 1.165) is 10.9 Å². The molecule has 0 fully saturated rings. The highest BCUT2D eigenvalue weighted by atomic mass is 16.4. The number of carboxylic acids is 2. The molecule has 14 nitrogen and oxygen atoms in total. The van der Waals surface area contributed by atoms with Gasteiger partial charge in [0.15, 0.2) is 0 Å². The molecule has 1 aromatic heterocycles. The Bertz CT molecular complexity index is 1200. The van der Waals surface area contributed by atoms with Crippen molar-refractivity contribution in [2.45, 2.75) is 63.2 Å². The molecule has 4 atom stereocenters. The van der Waals surface area contributed by atoms with Crippen LogP contribution in [0, 0.1) is 0 Å². The summed E-state index contributed by atoms with van der Waals surface area (Å²) in [6.07, 6.45) is 0.583. The molecule has 0 saturated heterocycles. The van der Waals surface area contributed by atoms with Crippen LogP contribution in [0.15, 0.2) is 30.5 Å². The summed E-state index contributed by atoms with van der Waals surface area (Å²) >= 11 is 0. The van der Waals surface area contributed by atoms with Gasteiger partial charge in [-0.1, -0.05) is 18.2 Å². The topological polar surface area (TPSA) is 247 Å². The molecular formula is C24H32N6O8. The van der Waals surface area contributed by atoms with Crippen molar-refractivity contribution in [3.63, 3.8) is 0 Å². The number of H-pyrrole nitrogens is 1. The molecule has 14 heteroatoms. The molecule has 4 unspecified atom stereocenters. The Labute approximate surface area is 217 Å². The summed E-state index contributed by atoms with van der Waals surface area (Å²) in [4.78, 5) is 74.7. The zero-order valence-corrected chi connectivity index (χ0v) is 20.7. The molecular weight excluding hydrogens is 500 g/mol. The average Bonchev–Trinajstić information content (AvgIpc) is 3.26. The Morgan fingerprint density at radius 3 is 2.18 bits per heavy atom. The van der Waals surface area contributed by atoms with E-state index in [0.29, 0.717) is 5.56 Å². The van der Waals surface area contributed by atoms with Gasteiger partial charge >= 0.3 is 11.9 Å². The molecule has 0 saturated carbocycles. The molecule has 0 aliphatic rings. The van der Waals surface area contributed by atoms with Gasteiger partial charge in [0, 0.05) is 36.4 Å². The third-order valence-corrected chi connectivity index (χ3v) is 5.78. The van der Waals surface area contributed by atoms with Crippen molar-refractivity contribution in [2.24, 2.45) is 11.5 Å². The Morgan fingerprint density at radius 1 is 0.895 bits per heavy atom. The van der Waals surface area contributed by atoms with Crippen molar-refractivity contribution in [1.82, 2.24) is 20.9 Å². The SMILES string of the molecule is CC(NC(=O)C(N)CCC(N)=O)C(=O)NC(CCC(=O)O)C(=O)NC(Cc1c[nH]c2ccccc12)C(=O)O. The third-order valence-electron chi connectivity index (χ3n) is 5.78. The van der Waals surface area contributed by atoms with Crippen molar-refractivity contribution in [2.75, 3.05) is 0 Å². The summed E-state index contributed by atoms with van der Waals surface area (Å²) in [5.74, 6) is -5.65. The molecule has 2 rings (SSSR count). The first kappa shape index (κ1) is 29.8. The zero-order chi connectivity index (χ0) is 28.4. The summed E-state index contributed by atoms with van der Waals surface area (Å²) in [6, 6.07) is 2.16. The summed E-state index contributed by atoms with van der Waals surface area (Å²) in [5.41, 5.74) is 12.1. The fourth-order valence-corrected chi connectivity index (χ4v) is 3.64. The quantitative estimate of drug-likeness (QED) is 0.136. The van der Waals surface area contributed by atoms with E-state index in [1.165, 1.54) is 6.92 Å². The van der Waals surface area contributed by atoms with Gasteiger partial charge in [0.05, 0.1) is 6.04 Å². The van der Waals surface area contributed by atoms with E-state index in [-0.39, 0.29) is 25.7 Å². The predicted octanol–water partition coefficient (Wildman–Crippen LogP) is -1.27. The Morgan fingerprint density at radius 2 is 1.55 bits per heavy atom. The summed E-state index contributed by atoms with van der Waals surface area (Å²) in [6.45, 7) is 1.32. The molecule has 0 aliphatic carbocycles. The Kier molecular flexibility index (Phi) is 10.8. The second-order valence-corrected chi connectivity index (χ2v) is 8.80.